The first kappa shape index (κ1) is 59.3. The summed E-state index contributed by atoms with van der Waals surface area (Å²) in [5.41, 5.74) is 9.42. The van der Waals surface area contributed by atoms with Gasteiger partial charge in [-0.05, 0) is 32.7 Å². The van der Waals surface area contributed by atoms with Gasteiger partial charge in [0.25, 0.3) is 0 Å². The van der Waals surface area contributed by atoms with Gasteiger partial charge in [0.05, 0.1) is 0 Å². The average molecular weight is 1270 g/mol. The Labute approximate surface area is 492 Å². The van der Waals surface area contributed by atoms with Gasteiger partial charge in [-0.25, -0.2) is 0 Å². The molecular weight excluding hydrogens is 1210 g/mol. The second-order valence-electron chi connectivity index (χ2n) is 21.2. The molecule has 0 saturated heterocycles. The van der Waals surface area contributed by atoms with Crippen molar-refractivity contribution in [3.05, 3.63) is 253 Å². The maximum Gasteiger partial charge on any atom is -0.0114 e. The third-order valence-corrected chi connectivity index (χ3v) is 39.8. The molecule has 394 valence electrons. The van der Waals surface area contributed by atoms with Crippen molar-refractivity contribution in [2.24, 2.45) is 0 Å². The molecule has 0 fully saturated rings. The van der Waals surface area contributed by atoms with Gasteiger partial charge in [-0.15, -0.1) is 155 Å². The molecule has 13 aromatic carbocycles. The fraction of sp³-hybridized carbons (Fsp3) is 0.141. The molecule has 0 unspecified atom stereocenters. The summed E-state index contributed by atoms with van der Waals surface area (Å²) in [6, 6.07) is 84.8. The van der Waals surface area contributed by atoms with Gasteiger partial charge in [-0.2, -0.15) is 12.1 Å². The topological polar surface area (TPSA) is 0 Å². The van der Waals surface area contributed by atoms with Crippen LogP contribution in [0.3, 0.4) is 0 Å². The molecule has 0 aliphatic heterocycles. The molecule has 0 spiro atoms. The molecule has 0 N–H and O–H groups in total. The van der Waals surface area contributed by atoms with Gasteiger partial charge < -0.3 is 0 Å². The first-order chi connectivity index (χ1) is 37.5. The molecule has 0 aliphatic carbocycles. The van der Waals surface area contributed by atoms with E-state index in [1.54, 1.807) is 0 Å². The van der Waals surface area contributed by atoms with Crippen LogP contribution in [-0.2, 0) is 42.3 Å². The molecule has 0 nitrogen and oxygen atoms in total. The molecule has 0 aliphatic rings. The summed E-state index contributed by atoms with van der Waals surface area (Å²) in [7, 11) is 22.3. The molecule has 0 radical (unpaired) electrons. The fourth-order valence-corrected chi connectivity index (χ4v) is 9.87. The molecule has 0 bridgehead atoms. The summed E-state index contributed by atoms with van der Waals surface area (Å²) in [6.45, 7) is 19.4. The Balaban J connectivity index is 0.000000130. The minimum absolute atomic E-state index is 0.224. The summed E-state index contributed by atoms with van der Waals surface area (Å²) in [5, 5.41) is 18.7. The molecule has 7 heteroatoms. The van der Waals surface area contributed by atoms with Crippen LogP contribution < -0.4 is 0 Å². The Morgan fingerprint density at radius 2 is 0.705 bits per heavy atom. The molecule has 13 rings (SSSR count). The van der Waals surface area contributed by atoms with Crippen LogP contribution in [0.1, 0.15) is 51.3 Å². The zero-order valence-corrected chi connectivity index (χ0v) is 55.0. The van der Waals surface area contributed by atoms with Gasteiger partial charge in [0, 0.05) is 0 Å². The van der Waals surface area contributed by atoms with Gasteiger partial charge in [-0.1, -0.05) is 191 Å². The van der Waals surface area contributed by atoms with Crippen molar-refractivity contribution in [1.29, 1.82) is 0 Å². The summed E-state index contributed by atoms with van der Waals surface area (Å²) < 4.78 is 1.24. The average Bonchev–Trinajstić information content (AvgIpc) is 4.31. The Hall–Kier alpha value is -4.79. The van der Waals surface area contributed by atoms with E-state index >= 15 is 0 Å². The summed E-state index contributed by atoms with van der Waals surface area (Å²) in [6.07, 6.45) is 0. The zero-order chi connectivity index (χ0) is 55.5. The van der Waals surface area contributed by atoms with Gasteiger partial charge in [0.1, 0.15) is 0 Å². The standard InChI is InChI=1S/2C20H15.C13H9.C13H15.C3H6.C2H6Si.4ClH.2Zr/c2*1-14-12-16-8-5-11-19(20(16)13-14)18-10-4-7-15-6-2-3-9-17(15)18;1-3-7-12-10(5-1)9-11-6-2-4-8-13(11)12;1-13(2,3)12-9-8-10-6-4-5-7-11(10)12;2*1-3-2;;;;;;/h2*2-13H,1H3;1-9H;4-9H,1-3H3;2*1-2H3;4*1H;;/q4*-1;;;;;;;2*+2/p-4. The van der Waals surface area contributed by atoms with E-state index in [1.807, 2.05) is 13.8 Å². The minimum Gasteiger partial charge on any atom is -0.165 e. The fourth-order valence-electron chi connectivity index (χ4n) is 9.87. The summed E-state index contributed by atoms with van der Waals surface area (Å²) in [5.74, 6) is 0. The number of hydrogen-bond donors (Lipinski definition) is 0. The summed E-state index contributed by atoms with van der Waals surface area (Å²) in [4.78, 5) is 0. The van der Waals surface area contributed by atoms with Crippen molar-refractivity contribution >= 4 is 118 Å². The second kappa shape index (κ2) is 27.6. The second-order valence-corrected chi connectivity index (χ2v) is 53.5. The normalized spacial score (nSPS) is 10.9. The Kier molecular flexibility index (Phi) is 21.0. The van der Waals surface area contributed by atoms with Gasteiger partial charge >= 0.3 is 106 Å². The van der Waals surface area contributed by atoms with E-state index in [1.165, 1.54) is 118 Å². The van der Waals surface area contributed by atoms with Gasteiger partial charge in [0.2, 0.25) is 0 Å². The molecule has 0 atom stereocenters. The molecule has 0 amide bonds. The summed E-state index contributed by atoms with van der Waals surface area (Å²) >= 11 is -3.49. The Bertz CT molecular complexity index is 3940. The number of hydrogen-bond acceptors (Lipinski definition) is 0. The largest absolute Gasteiger partial charge is 0.165 e. The zero-order valence-electron chi connectivity index (χ0n) is 46.0. The van der Waals surface area contributed by atoms with Crippen molar-refractivity contribution in [2.75, 3.05) is 0 Å². The maximum atomic E-state index is 5.62. The van der Waals surface area contributed by atoms with Crippen molar-refractivity contribution < 1.29 is 36.9 Å². The van der Waals surface area contributed by atoms with Crippen molar-refractivity contribution in [1.82, 2.24) is 0 Å². The first-order valence-corrected chi connectivity index (χ1v) is 46.5. The van der Waals surface area contributed by atoms with E-state index in [-0.39, 0.29) is 10.8 Å². The van der Waals surface area contributed by atoms with Crippen LogP contribution in [0.15, 0.2) is 237 Å². The van der Waals surface area contributed by atoms with Crippen LogP contribution in [0.2, 0.25) is 13.1 Å². The van der Waals surface area contributed by atoms with E-state index in [9.17, 15) is 0 Å². The molecule has 0 saturated carbocycles. The van der Waals surface area contributed by atoms with Gasteiger partial charge in [0.15, 0.2) is 0 Å². The van der Waals surface area contributed by atoms with E-state index in [0.29, 0.717) is 0 Å². The predicted octanol–water partition coefficient (Wildman–Crippen LogP) is 23.2. The quantitative estimate of drug-likeness (QED) is 0.120. The smallest absolute Gasteiger partial charge is 0.0114 e. The van der Waals surface area contributed by atoms with E-state index in [4.69, 9.17) is 34.1 Å². The van der Waals surface area contributed by atoms with Crippen LogP contribution >= 0.6 is 34.1 Å². The minimum atomic E-state index is -1.84. The number of fused-ring (bicyclic) bond motifs is 8. The predicted molar refractivity (Wildman–Crippen MR) is 347 cm³/mol. The van der Waals surface area contributed by atoms with Gasteiger partial charge in [-0.3, -0.25) is 0 Å². The molecule has 0 aromatic heterocycles. The Morgan fingerprint density at radius 3 is 1.10 bits per heavy atom. The van der Waals surface area contributed by atoms with E-state index < -0.39 is 36.9 Å². The van der Waals surface area contributed by atoms with Crippen LogP contribution in [0.4, 0.5) is 0 Å². The SMILES string of the molecule is CC(C)(C)c1c[cH-]c2ccccc12.C[C](C)=[Zr]([Cl])[Cl].C[Si](C)=[Zr]([Cl])[Cl].Cc1cc2c(-c3cccc4ccccc34)cccc2[cH-]1.Cc1cc2c(-c3cccc4ccccc34)cccc2[cH-]1.c1ccc2c(c1)[cH-]c1ccccc12. The number of benzene rings is 9. The molecule has 0 heterocycles. The van der Waals surface area contributed by atoms with Crippen molar-refractivity contribution in [2.45, 2.75) is 67.0 Å². The van der Waals surface area contributed by atoms with Crippen LogP contribution in [0, 0.1) is 13.8 Å². The number of aryl methyl sites for hydroxylation is 2. The number of rotatable bonds is 2. The van der Waals surface area contributed by atoms with Crippen LogP contribution in [0.5, 0.6) is 0 Å². The molecular formula is C71H66Cl4SiZr2-4. The third kappa shape index (κ3) is 15.0. The van der Waals surface area contributed by atoms with E-state index in [0.717, 1.165) is 0 Å². The monoisotopic (exact) mass is 1270 g/mol. The van der Waals surface area contributed by atoms with Crippen LogP contribution in [0.25, 0.3) is 97.7 Å². The number of halogens is 4. The Morgan fingerprint density at radius 1 is 0.397 bits per heavy atom. The molecule has 78 heavy (non-hydrogen) atoms. The van der Waals surface area contributed by atoms with Crippen molar-refractivity contribution in [3.8, 4) is 22.3 Å². The molecule has 13 aromatic rings. The third-order valence-electron chi connectivity index (χ3n) is 13.7. The van der Waals surface area contributed by atoms with Crippen LogP contribution in [-0.4, -0.2) is 8.64 Å². The maximum absolute atomic E-state index is 5.62. The van der Waals surface area contributed by atoms with E-state index in [2.05, 4.69) is 284 Å². The van der Waals surface area contributed by atoms with Crippen molar-refractivity contribution in [3.63, 3.8) is 0 Å². The first-order valence-electron chi connectivity index (χ1n) is 26.4.